The van der Waals surface area contributed by atoms with Crippen molar-refractivity contribution in [2.24, 2.45) is 7.05 Å². The summed E-state index contributed by atoms with van der Waals surface area (Å²) in [6.07, 6.45) is 1.69. The van der Waals surface area contributed by atoms with Gasteiger partial charge in [-0.25, -0.2) is 9.78 Å². The standard InChI is InChI=1S/C23H32N6O3/c1-15(2)17-12-16(30)13-19-20(17)23(31)32-21(25-19)18-14-24-27(5)22(18)29-10-8-28(9-11-29)7-6-26(3)4/h12-15,30H,6-11H2,1-5H3. The molecule has 0 spiro atoms. The molecule has 0 saturated carbocycles. The van der Waals surface area contributed by atoms with Gasteiger partial charge in [-0.1, -0.05) is 13.8 Å². The van der Waals surface area contributed by atoms with Gasteiger partial charge in [-0.15, -0.1) is 0 Å². The van der Waals surface area contributed by atoms with E-state index < -0.39 is 5.63 Å². The summed E-state index contributed by atoms with van der Waals surface area (Å²) in [7, 11) is 6.07. The number of phenols is 1. The van der Waals surface area contributed by atoms with E-state index in [0.29, 0.717) is 16.5 Å². The van der Waals surface area contributed by atoms with Gasteiger partial charge in [0.15, 0.2) is 0 Å². The van der Waals surface area contributed by atoms with E-state index in [9.17, 15) is 9.90 Å². The molecule has 3 heterocycles. The first-order valence-corrected chi connectivity index (χ1v) is 11.1. The molecule has 32 heavy (non-hydrogen) atoms. The molecule has 1 aliphatic heterocycles. The minimum Gasteiger partial charge on any atom is -0.508 e. The Balaban J connectivity index is 1.67. The van der Waals surface area contributed by atoms with Gasteiger partial charge in [0.05, 0.1) is 22.7 Å². The van der Waals surface area contributed by atoms with Crippen molar-refractivity contribution >= 4 is 16.7 Å². The summed E-state index contributed by atoms with van der Waals surface area (Å²) in [6.45, 7) is 9.65. The second-order valence-corrected chi connectivity index (χ2v) is 9.03. The van der Waals surface area contributed by atoms with Crippen LogP contribution in [0.5, 0.6) is 5.75 Å². The number of benzene rings is 1. The van der Waals surface area contributed by atoms with E-state index in [-0.39, 0.29) is 17.6 Å². The van der Waals surface area contributed by atoms with Gasteiger partial charge in [0.2, 0.25) is 5.89 Å². The zero-order chi connectivity index (χ0) is 23.0. The fraction of sp³-hybridized carbons (Fsp3) is 0.522. The van der Waals surface area contributed by atoms with Crippen molar-refractivity contribution in [2.45, 2.75) is 19.8 Å². The molecule has 0 radical (unpaired) electrons. The van der Waals surface area contributed by atoms with Crippen LogP contribution in [0.2, 0.25) is 0 Å². The summed E-state index contributed by atoms with van der Waals surface area (Å²) in [6, 6.07) is 3.12. The van der Waals surface area contributed by atoms with Crippen LogP contribution < -0.4 is 10.5 Å². The number of piperazine rings is 1. The molecule has 3 aromatic rings. The summed E-state index contributed by atoms with van der Waals surface area (Å²) in [5.41, 5.74) is 1.40. The Labute approximate surface area is 187 Å². The molecular formula is C23H32N6O3. The van der Waals surface area contributed by atoms with Crippen LogP contribution in [-0.4, -0.2) is 83.0 Å². The Hall–Kier alpha value is -2.91. The normalized spacial score (nSPS) is 15.4. The van der Waals surface area contributed by atoms with E-state index in [1.807, 2.05) is 20.9 Å². The fourth-order valence-electron chi connectivity index (χ4n) is 4.27. The molecule has 1 N–H and O–H groups in total. The summed E-state index contributed by atoms with van der Waals surface area (Å²) in [5.74, 6) is 1.25. The number of aromatic hydroxyl groups is 1. The van der Waals surface area contributed by atoms with Gasteiger partial charge in [-0.2, -0.15) is 5.10 Å². The van der Waals surface area contributed by atoms with Crippen molar-refractivity contribution in [3.8, 4) is 17.2 Å². The number of fused-ring (bicyclic) bond motifs is 1. The van der Waals surface area contributed by atoms with E-state index in [1.54, 1.807) is 16.9 Å². The summed E-state index contributed by atoms with van der Waals surface area (Å²) >= 11 is 0. The highest BCUT2D eigenvalue weighted by molar-refractivity contribution is 5.85. The predicted molar refractivity (Wildman–Crippen MR) is 125 cm³/mol. The maximum atomic E-state index is 12.9. The lowest BCUT2D eigenvalue weighted by molar-refractivity contribution is 0.228. The van der Waals surface area contributed by atoms with Crippen LogP contribution in [0.1, 0.15) is 25.3 Å². The highest BCUT2D eigenvalue weighted by atomic mass is 16.4. The molecule has 0 bridgehead atoms. The first-order valence-electron chi connectivity index (χ1n) is 11.1. The quantitative estimate of drug-likeness (QED) is 0.623. The second kappa shape index (κ2) is 8.91. The lowest BCUT2D eigenvalue weighted by Crippen LogP contribution is -2.48. The minimum absolute atomic E-state index is 0.0536. The van der Waals surface area contributed by atoms with Crippen LogP contribution >= 0.6 is 0 Å². The third kappa shape index (κ3) is 4.35. The van der Waals surface area contributed by atoms with Crippen molar-refractivity contribution in [2.75, 3.05) is 58.3 Å². The van der Waals surface area contributed by atoms with Gasteiger partial charge < -0.3 is 19.3 Å². The van der Waals surface area contributed by atoms with E-state index >= 15 is 0 Å². The van der Waals surface area contributed by atoms with Crippen molar-refractivity contribution in [3.63, 3.8) is 0 Å². The zero-order valence-corrected chi connectivity index (χ0v) is 19.5. The summed E-state index contributed by atoms with van der Waals surface area (Å²) < 4.78 is 7.50. The maximum absolute atomic E-state index is 12.9. The summed E-state index contributed by atoms with van der Waals surface area (Å²) in [4.78, 5) is 24.5. The molecular weight excluding hydrogens is 408 g/mol. The van der Waals surface area contributed by atoms with E-state index in [4.69, 9.17) is 4.42 Å². The Bertz CT molecular complexity index is 1160. The van der Waals surface area contributed by atoms with Crippen molar-refractivity contribution < 1.29 is 9.52 Å². The maximum Gasteiger partial charge on any atom is 0.347 e. The van der Waals surface area contributed by atoms with Crippen LogP contribution in [-0.2, 0) is 7.05 Å². The smallest absolute Gasteiger partial charge is 0.347 e. The van der Waals surface area contributed by atoms with Crippen LogP contribution in [0.3, 0.4) is 0 Å². The monoisotopic (exact) mass is 440 g/mol. The number of rotatable bonds is 6. The second-order valence-electron chi connectivity index (χ2n) is 9.03. The molecule has 0 amide bonds. The number of aryl methyl sites for hydroxylation is 1. The highest BCUT2D eigenvalue weighted by Gasteiger charge is 2.25. The number of hydrogen-bond donors (Lipinski definition) is 1. The van der Waals surface area contributed by atoms with E-state index in [1.165, 1.54) is 6.07 Å². The average Bonchev–Trinajstić information content (AvgIpc) is 3.13. The fourth-order valence-corrected chi connectivity index (χ4v) is 4.27. The molecule has 1 fully saturated rings. The molecule has 0 aliphatic carbocycles. The number of aromatic nitrogens is 3. The Morgan fingerprint density at radius 1 is 1.19 bits per heavy atom. The van der Waals surface area contributed by atoms with Crippen LogP contribution in [0.25, 0.3) is 22.4 Å². The minimum atomic E-state index is -0.447. The molecule has 4 rings (SSSR count). The average molecular weight is 441 g/mol. The first kappa shape index (κ1) is 22.3. The highest BCUT2D eigenvalue weighted by Crippen LogP contribution is 2.32. The van der Waals surface area contributed by atoms with Gasteiger partial charge in [-0.3, -0.25) is 9.58 Å². The molecule has 0 unspecified atom stereocenters. The van der Waals surface area contributed by atoms with Crippen LogP contribution in [0.15, 0.2) is 27.5 Å². The molecule has 172 valence electrons. The number of hydrogen-bond acceptors (Lipinski definition) is 8. The molecule has 9 heteroatoms. The van der Waals surface area contributed by atoms with Gasteiger partial charge in [0.1, 0.15) is 11.6 Å². The van der Waals surface area contributed by atoms with Crippen molar-refractivity contribution in [1.29, 1.82) is 0 Å². The molecule has 2 aromatic heterocycles. The Morgan fingerprint density at radius 3 is 2.56 bits per heavy atom. The lowest BCUT2D eigenvalue weighted by Gasteiger charge is -2.36. The largest absolute Gasteiger partial charge is 0.508 e. The van der Waals surface area contributed by atoms with E-state index in [0.717, 1.165) is 50.6 Å². The number of nitrogens with zero attached hydrogens (tertiary/aromatic N) is 6. The topological polar surface area (TPSA) is 90.9 Å². The van der Waals surface area contributed by atoms with Gasteiger partial charge in [0.25, 0.3) is 0 Å². The zero-order valence-electron chi connectivity index (χ0n) is 19.5. The van der Waals surface area contributed by atoms with Crippen LogP contribution in [0, 0.1) is 0 Å². The Morgan fingerprint density at radius 2 is 1.91 bits per heavy atom. The Kier molecular flexibility index (Phi) is 6.21. The number of anilines is 1. The lowest BCUT2D eigenvalue weighted by atomic mass is 9.99. The van der Waals surface area contributed by atoms with Crippen molar-refractivity contribution in [3.05, 3.63) is 34.3 Å². The van der Waals surface area contributed by atoms with Gasteiger partial charge >= 0.3 is 5.63 Å². The molecule has 9 nitrogen and oxygen atoms in total. The number of phenolic OH excluding ortho intramolecular Hbond substituents is 1. The van der Waals surface area contributed by atoms with Gasteiger partial charge in [-0.05, 0) is 31.6 Å². The third-order valence-corrected chi connectivity index (χ3v) is 6.04. The SMILES string of the molecule is CC(C)c1cc(O)cc2nc(-c3cnn(C)c3N3CCN(CCN(C)C)CC3)oc(=O)c12. The molecule has 1 aromatic carbocycles. The van der Waals surface area contributed by atoms with Crippen LogP contribution in [0.4, 0.5) is 5.82 Å². The third-order valence-electron chi connectivity index (χ3n) is 6.04. The van der Waals surface area contributed by atoms with Crippen molar-refractivity contribution in [1.82, 2.24) is 24.6 Å². The summed E-state index contributed by atoms with van der Waals surface area (Å²) in [5, 5.41) is 15.0. The molecule has 1 aliphatic rings. The molecule has 1 saturated heterocycles. The molecule has 0 atom stereocenters. The van der Waals surface area contributed by atoms with E-state index in [2.05, 4.69) is 38.9 Å². The predicted octanol–water partition coefficient (Wildman–Crippen LogP) is 2.10. The first-order chi connectivity index (χ1) is 15.2. The van der Waals surface area contributed by atoms with Gasteiger partial charge in [0, 0.05) is 52.4 Å². The number of likely N-dealkylation sites (N-methyl/N-ethyl adjacent to an activating group) is 1.